The van der Waals surface area contributed by atoms with Gasteiger partial charge in [-0.3, -0.25) is 9.32 Å². The summed E-state index contributed by atoms with van der Waals surface area (Å²) in [6.07, 6.45) is 13.2. The molecule has 12 atom stereocenters. The van der Waals surface area contributed by atoms with Gasteiger partial charge in [0.25, 0.3) is 0 Å². The van der Waals surface area contributed by atoms with E-state index in [0.29, 0.717) is 46.7 Å². The topological polar surface area (TPSA) is 73.9 Å². The summed E-state index contributed by atoms with van der Waals surface area (Å²) >= 11 is 8.80. The summed E-state index contributed by atoms with van der Waals surface area (Å²) in [4.78, 5) is 12.6. The highest BCUT2D eigenvalue weighted by molar-refractivity contribution is 14.1. The van der Waals surface area contributed by atoms with Crippen LogP contribution in [0.25, 0.3) is 0 Å². The Bertz CT molecular complexity index is 1230. The third-order valence-corrected chi connectivity index (χ3v) is 16.3. The third kappa shape index (κ3) is 7.75. The van der Waals surface area contributed by atoms with Crippen LogP contribution in [0.5, 0.6) is 5.75 Å². The first-order valence-electron chi connectivity index (χ1n) is 18.1. The number of fused-ring (bicyclic) bond motifs is 5. The summed E-state index contributed by atoms with van der Waals surface area (Å²) in [5.41, 5.74) is 0.869. The first kappa shape index (κ1) is 37.1. The Morgan fingerprint density at radius 3 is 2.41 bits per heavy atom. The van der Waals surface area contributed by atoms with Gasteiger partial charge in [-0.05, 0) is 148 Å². The first-order chi connectivity index (χ1) is 21.8. The molecule has 0 aromatic heterocycles. The van der Waals surface area contributed by atoms with E-state index in [4.69, 9.17) is 25.4 Å². The maximum Gasteiger partial charge on any atom is 0.459 e. The minimum absolute atomic E-state index is 0.0521. The van der Waals surface area contributed by atoms with E-state index in [1.54, 1.807) is 31.2 Å². The number of alkyl halides is 1. The minimum atomic E-state index is -3.86. The largest absolute Gasteiger partial charge is 0.459 e. The summed E-state index contributed by atoms with van der Waals surface area (Å²) in [7, 11) is -3.86. The van der Waals surface area contributed by atoms with Crippen LogP contribution >= 0.6 is 41.9 Å². The van der Waals surface area contributed by atoms with E-state index in [1.807, 2.05) is 6.92 Å². The van der Waals surface area contributed by atoms with E-state index in [2.05, 4.69) is 55.4 Å². The van der Waals surface area contributed by atoms with Crippen molar-refractivity contribution in [2.45, 2.75) is 116 Å². The second-order valence-electron chi connectivity index (χ2n) is 15.6. The van der Waals surface area contributed by atoms with Gasteiger partial charge in [-0.15, -0.1) is 0 Å². The summed E-state index contributed by atoms with van der Waals surface area (Å²) in [5.74, 6) is 5.58. The van der Waals surface area contributed by atoms with Crippen LogP contribution in [-0.2, 0) is 18.6 Å². The molecular weight excluding hydrogens is 732 g/mol. The highest BCUT2D eigenvalue weighted by atomic mass is 127. The average Bonchev–Trinajstić information content (AvgIpc) is 3.38. The van der Waals surface area contributed by atoms with Crippen molar-refractivity contribution in [1.82, 2.24) is 5.09 Å². The van der Waals surface area contributed by atoms with Gasteiger partial charge >= 0.3 is 7.75 Å². The molecule has 4 saturated carbocycles. The van der Waals surface area contributed by atoms with Crippen molar-refractivity contribution < 1.29 is 23.1 Å². The maximum absolute atomic E-state index is 14.1. The normalized spacial score (nSPS) is 38.1. The lowest BCUT2D eigenvalue weighted by atomic mass is 9.42. The number of carbonyl (C=O) groups is 1. The predicted octanol–water partition coefficient (Wildman–Crippen LogP) is 10.6. The summed E-state index contributed by atoms with van der Waals surface area (Å²) < 4.78 is 32.2. The number of carbonyl (C=O) groups excluding carboxylic acids is 1. The molecule has 0 saturated heterocycles. The molecule has 0 spiro atoms. The van der Waals surface area contributed by atoms with Crippen LogP contribution in [0.4, 0.5) is 0 Å². The highest BCUT2D eigenvalue weighted by Crippen LogP contribution is 2.69. The highest BCUT2D eigenvalue weighted by Gasteiger charge is 2.62. The van der Waals surface area contributed by atoms with Gasteiger partial charge in [0.05, 0.1) is 12.6 Å². The molecule has 4 aliphatic rings. The van der Waals surface area contributed by atoms with Gasteiger partial charge in [-0.2, -0.15) is 0 Å². The molecule has 0 amide bonds. The van der Waals surface area contributed by atoms with Gasteiger partial charge < -0.3 is 9.26 Å². The molecule has 1 N–H and O–H groups in total. The lowest BCUT2D eigenvalue weighted by Crippen LogP contribution is -2.56. The van der Waals surface area contributed by atoms with E-state index in [9.17, 15) is 9.36 Å². The van der Waals surface area contributed by atoms with Crippen molar-refractivity contribution in [3.63, 3.8) is 0 Å². The van der Waals surface area contributed by atoms with Gasteiger partial charge in [-0.1, -0.05) is 68.3 Å². The molecule has 4 aliphatic carbocycles. The van der Waals surface area contributed by atoms with Gasteiger partial charge in [0.15, 0.2) is 5.78 Å². The standard InChI is InChI=1S/C37H58ClINO5P/c1-7-26-21-30-32-14-13-31(36(32,5)19-16-33(30)37(6)18-15-28(39)22-34(26)37)24(3)17-20-44-46(42,40-25(4)35(41)23-43-8-2)45-29-11-9-27(38)10-12-29/h9-12,24-26,28,30-34H,7-8,13-23H2,1-6H3,(H,40,42)/t24-,25+,26+,28?,30?,31-,32?,33?,34?,36-,37-,46?/m1/s1. The monoisotopic (exact) mass is 789 g/mol. The lowest BCUT2D eigenvalue weighted by Gasteiger charge is -2.63. The van der Waals surface area contributed by atoms with Crippen LogP contribution in [0.3, 0.4) is 0 Å². The second-order valence-corrected chi connectivity index (χ2v) is 19.5. The summed E-state index contributed by atoms with van der Waals surface area (Å²) in [6.45, 7) is 14.3. The number of rotatable bonds is 14. The third-order valence-electron chi connectivity index (χ3n) is 13.2. The number of nitrogens with one attached hydrogen (secondary N) is 1. The van der Waals surface area contributed by atoms with Crippen molar-refractivity contribution >= 4 is 47.7 Å². The molecule has 9 heteroatoms. The van der Waals surface area contributed by atoms with Crippen LogP contribution in [0.1, 0.15) is 106 Å². The van der Waals surface area contributed by atoms with Crippen molar-refractivity contribution in [3.05, 3.63) is 29.3 Å². The van der Waals surface area contributed by atoms with E-state index < -0.39 is 13.8 Å². The Morgan fingerprint density at radius 1 is 1.02 bits per heavy atom. The second kappa shape index (κ2) is 15.4. The molecule has 1 aromatic rings. The zero-order valence-corrected chi connectivity index (χ0v) is 32.8. The number of hydrogen-bond acceptors (Lipinski definition) is 5. The van der Waals surface area contributed by atoms with Gasteiger partial charge in [0.1, 0.15) is 12.4 Å². The molecule has 46 heavy (non-hydrogen) atoms. The van der Waals surface area contributed by atoms with E-state index in [0.717, 1.165) is 39.9 Å². The zero-order chi connectivity index (χ0) is 33.3. The zero-order valence-electron chi connectivity index (χ0n) is 28.9. The summed E-state index contributed by atoms with van der Waals surface area (Å²) in [5, 5.41) is 3.44. The maximum atomic E-state index is 14.1. The van der Waals surface area contributed by atoms with E-state index in [1.165, 1.54) is 57.8 Å². The fraction of sp³-hybridized carbons (Fsp3) is 0.811. The number of ketones is 1. The first-order valence-corrected chi connectivity index (χ1v) is 21.2. The molecule has 4 fully saturated rings. The number of Topliss-reactive ketones (excluding diaryl/α,β-unsaturated/α-hetero) is 1. The van der Waals surface area contributed by atoms with Gasteiger partial charge in [0.2, 0.25) is 0 Å². The number of halogens is 2. The minimum Gasteiger partial charge on any atom is -0.413 e. The molecule has 5 rings (SSSR count). The average molecular weight is 790 g/mol. The van der Waals surface area contributed by atoms with Crippen molar-refractivity contribution in [2.75, 3.05) is 19.8 Å². The fourth-order valence-corrected chi connectivity index (χ4v) is 13.3. The molecule has 0 radical (unpaired) electrons. The van der Waals surface area contributed by atoms with Gasteiger partial charge in [0, 0.05) is 15.6 Å². The van der Waals surface area contributed by atoms with Crippen LogP contribution in [-0.4, -0.2) is 35.6 Å². The molecule has 0 aliphatic heterocycles. The molecule has 6 nitrogen and oxygen atoms in total. The molecule has 1 aromatic carbocycles. The molecule has 0 bridgehead atoms. The van der Waals surface area contributed by atoms with Crippen molar-refractivity contribution in [1.29, 1.82) is 0 Å². The van der Waals surface area contributed by atoms with E-state index in [-0.39, 0.29) is 12.4 Å². The van der Waals surface area contributed by atoms with Crippen LogP contribution in [0.2, 0.25) is 5.02 Å². The van der Waals surface area contributed by atoms with Crippen LogP contribution in [0, 0.1) is 52.3 Å². The lowest BCUT2D eigenvalue weighted by molar-refractivity contribution is -0.136. The number of ether oxygens (including phenoxy) is 1. The smallest absolute Gasteiger partial charge is 0.413 e. The molecule has 0 heterocycles. The van der Waals surface area contributed by atoms with Crippen LogP contribution in [0.15, 0.2) is 24.3 Å². The Balaban J connectivity index is 1.24. The Hall–Kier alpha value is -0.180. The number of benzene rings is 1. The predicted molar refractivity (Wildman–Crippen MR) is 196 cm³/mol. The Labute approximate surface area is 297 Å². The molecule has 6 unspecified atom stereocenters. The van der Waals surface area contributed by atoms with Gasteiger partial charge in [-0.25, -0.2) is 9.65 Å². The number of hydrogen-bond donors (Lipinski definition) is 1. The van der Waals surface area contributed by atoms with Crippen molar-refractivity contribution in [2.24, 2.45) is 52.3 Å². The summed E-state index contributed by atoms with van der Waals surface area (Å²) in [6, 6.07) is 5.94. The fourth-order valence-electron chi connectivity index (χ4n) is 10.8. The SMILES string of the molecule is CCOCC(=O)[C@H](C)NP(=O)(OCC[C@@H](C)[C@H]1CCC2C3C[C@H](CC)C4CC(I)CC[C@]4(C)C3CC[C@@]21C)Oc1ccc(Cl)cc1. The Kier molecular flexibility index (Phi) is 12.4. The van der Waals surface area contributed by atoms with Crippen molar-refractivity contribution in [3.8, 4) is 5.75 Å². The quantitative estimate of drug-likeness (QED) is 0.115. The molecule has 260 valence electrons. The Morgan fingerprint density at radius 2 is 1.72 bits per heavy atom. The van der Waals surface area contributed by atoms with E-state index >= 15 is 0 Å². The van der Waals surface area contributed by atoms with Crippen LogP contribution < -0.4 is 9.61 Å². The molecular formula is C37H58ClINO5P.